The summed E-state index contributed by atoms with van der Waals surface area (Å²) >= 11 is 5.41. The zero-order chi connectivity index (χ0) is 20.1. The molecule has 6 heteroatoms. The zero-order valence-corrected chi connectivity index (χ0v) is 17.4. The number of thiocarbonyl (C=S) groups is 1. The Morgan fingerprint density at radius 2 is 2.03 bits per heavy atom. The molecule has 0 saturated carbocycles. The van der Waals surface area contributed by atoms with E-state index < -0.39 is 0 Å². The Morgan fingerprint density at radius 3 is 2.79 bits per heavy atom. The number of furan rings is 1. The monoisotopic (exact) mass is 406 g/mol. The van der Waals surface area contributed by atoms with Crippen LogP contribution in [0.1, 0.15) is 25.5 Å². The van der Waals surface area contributed by atoms with E-state index in [9.17, 15) is 0 Å². The molecule has 3 heterocycles. The SMILES string of the molecule is C[C@H]1CCCN(c2ccc(NC(=S)NCc3ccc(-c4ccccc4)o3)cn2)C1. The molecule has 1 aromatic carbocycles. The van der Waals surface area contributed by atoms with Crippen molar-refractivity contribution in [2.24, 2.45) is 5.92 Å². The molecule has 0 aliphatic carbocycles. The van der Waals surface area contributed by atoms with E-state index in [0.717, 1.165) is 47.6 Å². The second-order valence-corrected chi connectivity index (χ2v) is 7.95. The number of nitrogens with zero attached hydrogens (tertiary/aromatic N) is 2. The normalized spacial score (nSPS) is 16.4. The number of aromatic nitrogens is 1. The summed E-state index contributed by atoms with van der Waals surface area (Å²) in [6.45, 7) is 4.98. The lowest BCUT2D eigenvalue weighted by Gasteiger charge is -2.31. The van der Waals surface area contributed by atoms with Gasteiger partial charge in [0.2, 0.25) is 0 Å². The highest BCUT2D eigenvalue weighted by Gasteiger charge is 2.17. The Bertz CT molecular complexity index is 939. The molecule has 1 atom stereocenters. The third-order valence-electron chi connectivity index (χ3n) is 5.13. The van der Waals surface area contributed by atoms with E-state index in [1.165, 1.54) is 12.8 Å². The van der Waals surface area contributed by atoms with Crippen molar-refractivity contribution in [2.45, 2.75) is 26.3 Å². The minimum Gasteiger partial charge on any atom is -0.459 e. The molecule has 5 nitrogen and oxygen atoms in total. The second kappa shape index (κ2) is 9.09. The molecule has 0 amide bonds. The molecule has 4 rings (SSSR count). The van der Waals surface area contributed by atoms with Gasteiger partial charge in [-0.05, 0) is 55.2 Å². The first-order valence-corrected chi connectivity index (χ1v) is 10.5. The first-order chi connectivity index (χ1) is 14.2. The highest BCUT2D eigenvalue weighted by Crippen LogP contribution is 2.23. The predicted octanol–water partition coefficient (Wildman–Crippen LogP) is 5.06. The molecule has 2 aromatic heterocycles. The average molecular weight is 407 g/mol. The molecule has 3 aromatic rings. The van der Waals surface area contributed by atoms with E-state index >= 15 is 0 Å². The van der Waals surface area contributed by atoms with E-state index in [-0.39, 0.29) is 0 Å². The van der Waals surface area contributed by atoms with Crippen LogP contribution in [0.15, 0.2) is 65.2 Å². The molecule has 1 aliphatic rings. The summed E-state index contributed by atoms with van der Waals surface area (Å²) in [4.78, 5) is 6.96. The number of nitrogens with one attached hydrogen (secondary N) is 2. The molecular formula is C23H26N4OS. The van der Waals surface area contributed by atoms with Gasteiger partial charge < -0.3 is 20.0 Å². The fraction of sp³-hybridized carbons (Fsp3) is 0.304. The Labute approximate surface area is 177 Å². The van der Waals surface area contributed by atoms with Crippen LogP contribution in [0.2, 0.25) is 0 Å². The van der Waals surface area contributed by atoms with E-state index in [1.54, 1.807) is 0 Å². The Morgan fingerprint density at radius 1 is 1.17 bits per heavy atom. The van der Waals surface area contributed by atoms with Crippen LogP contribution in [0, 0.1) is 5.92 Å². The number of benzene rings is 1. The van der Waals surface area contributed by atoms with Gasteiger partial charge in [-0.2, -0.15) is 0 Å². The quantitative estimate of drug-likeness (QED) is 0.578. The summed E-state index contributed by atoms with van der Waals surface area (Å²) in [6, 6.07) is 18.1. The Balaban J connectivity index is 1.28. The minimum absolute atomic E-state index is 0.524. The van der Waals surface area contributed by atoms with Gasteiger partial charge in [-0.15, -0.1) is 0 Å². The maximum Gasteiger partial charge on any atom is 0.171 e. The molecule has 2 N–H and O–H groups in total. The molecule has 1 fully saturated rings. The van der Waals surface area contributed by atoms with Crippen molar-refractivity contribution in [3.05, 3.63) is 66.6 Å². The predicted molar refractivity (Wildman–Crippen MR) is 122 cm³/mol. The summed E-state index contributed by atoms with van der Waals surface area (Å²) in [6.07, 6.45) is 4.37. The van der Waals surface area contributed by atoms with Gasteiger partial charge in [-0.3, -0.25) is 0 Å². The van der Waals surface area contributed by atoms with Crippen molar-refractivity contribution in [3.8, 4) is 11.3 Å². The standard InChI is InChI=1S/C23H26N4OS/c1-17-6-5-13-27(16-17)22-12-9-19(14-24-22)26-23(29)25-15-20-10-11-21(28-20)18-7-3-2-4-8-18/h2-4,7-12,14,17H,5-6,13,15-16H2,1H3,(H2,25,26,29)/t17-/m0/s1. The molecule has 0 bridgehead atoms. The number of hydrogen-bond acceptors (Lipinski definition) is 4. The van der Waals surface area contributed by atoms with Gasteiger partial charge in [0.15, 0.2) is 5.11 Å². The van der Waals surface area contributed by atoms with E-state index in [0.29, 0.717) is 11.7 Å². The van der Waals surface area contributed by atoms with Crippen molar-refractivity contribution in [1.29, 1.82) is 0 Å². The number of pyridine rings is 1. The van der Waals surface area contributed by atoms with Crippen LogP contribution in [-0.2, 0) is 6.54 Å². The van der Waals surface area contributed by atoms with E-state index in [4.69, 9.17) is 16.6 Å². The number of hydrogen-bond donors (Lipinski definition) is 2. The van der Waals surface area contributed by atoms with Crippen molar-refractivity contribution in [3.63, 3.8) is 0 Å². The lowest BCUT2D eigenvalue weighted by molar-refractivity contribution is 0.444. The topological polar surface area (TPSA) is 53.3 Å². The van der Waals surface area contributed by atoms with Crippen LogP contribution in [-0.4, -0.2) is 23.2 Å². The van der Waals surface area contributed by atoms with Crippen LogP contribution in [0.4, 0.5) is 11.5 Å². The van der Waals surface area contributed by atoms with E-state index in [2.05, 4.69) is 33.5 Å². The third-order valence-corrected chi connectivity index (χ3v) is 5.38. The molecule has 0 radical (unpaired) electrons. The first-order valence-electron chi connectivity index (χ1n) is 10.1. The van der Waals surface area contributed by atoms with Crippen LogP contribution in [0.25, 0.3) is 11.3 Å². The van der Waals surface area contributed by atoms with Gasteiger partial charge >= 0.3 is 0 Å². The Kier molecular flexibility index (Phi) is 6.10. The van der Waals surface area contributed by atoms with Crippen molar-refractivity contribution in [2.75, 3.05) is 23.3 Å². The van der Waals surface area contributed by atoms with Gasteiger partial charge in [0.05, 0.1) is 18.4 Å². The van der Waals surface area contributed by atoms with Gasteiger partial charge in [-0.25, -0.2) is 4.98 Å². The van der Waals surface area contributed by atoms with Gasteiger partial charge in [-0.1, -0.05) is 37.3 Å². The zero-order valence-electron chi connectivity index (χ0n) is 16.6. The molecular weight excluding hydrogens is 380 g/mol. The maximum absolute atomic E-state index is 5.89. The average Bonchev–Trinajstić information content (AvgIpc) is 3.23. The van der Waals surface area contributed by atoms with Gasteiger partial charge in [0, 0.05) is 18.7 Å². The largest absolute Gasteiger partial charge is 0.459 e. The van der Waals surface area contributed by atoms with Gasteiger partial charge in [0.25, 0.3) is 0 Å². The fourth-order valence-corrected chi connectivity index (χ4v) is 3.81. The second-order valence-electron chi connectivity index (χ2n) is 7.54. The summed E-state index contributed by atoms with van der Waals surface area (Å²) in [5.41, 5.74) is 1.94. The molecule has 1 aliphatic heterocycles. The van der Waals surface area contributed by atoms with Crippen LogP contribution >= 0.6 is 12.2 Å². The van der Waals surface area contributed by atoms with Crippen LogP contribution in [0.5, 0.6) is 0 Å². The van der Waals surface area contributed by atoms with E-state index in [1.807, 2.05) is 54.7 Å². The summed E-state index contributed by atoms with van der Waals surface area (Å²) in [5, 5.41) is 6.92. The molecule has 29 heavy (non-hydrogen) atoms. The molecule has 150 valence electrons. The van der Waals surface area contributed by atoms with Crippen LogP contribution in [0.3, 0.4) is 0 Å². The third kappa shape index (κ3) is 5.15. The highest BCUT2D eigenvalue weighted by atomic mass is 32.1. The van der Waals surface area contributed by atoms with Crippen LogP contribution < -0.4 is 15.5 Å². The first kappa shape index (κ1) is 19.5. The minimum atomic E-state index is 0.524. The fourth-order valence-electron chi connectivity index (χ4n) is 3.62. The van der Waals surface area contributed by atoms with Crippen molar-refractivity contribution in [1.82, 2.24) is 10.3 Å². The number of rotatable bonds is 5. The van der Waals surface area contributed by atoms with Gasteiger partial charge in [0.1, 0.15) is 17.3 Å². The summed E-state index contributed by atoms with van der Waals surface area (Å²) in [7, 11) is 0. The number of piperidine rings is 1. The summed E-state index contributed by atoms with van der Waals surface area (Å²) in [5.74, 6) is 3.45. The smallest absolute Gasteiger partial charge is 0.171 e. The summed E-state index contributed by atoms with van der Waals surface area (Å²) < 4.78 is 5.89. The lowest BCUT2D eigenvalue weighted by Crippen LogP contribution is -2.34. The Hall–Kier alpha value is -2.86. The van der Waals surface area contributed by atoms with Crippen molar-refractivity contribution < 1.29 is 4.42 Å². The lowest BCUT2D eigenvalue weighted by atomic mass is 10.0. The molecule has 0 unspecified atom stereocenters. The molecule has 0 spiro atoms. The maximum atomic E-state index is 5.89. The highest BCUT2D eigenvalue weighted by molar-refractivity contribution is 7.80. The molecule has 1 saturated heterocycles. The number of anilines is 2. The van der Waals surface area contributed by atoms with Crippen molar-refractivity contribution >= 4 is 28.8 Å².